The predicted octanol–water partition coefficient (Wildman–Crippen LogP) is 2.96. The molecule has 2 aromatic heterocycles. The van der Waals surface area contributed by atoms with Gasteiger partial charge in [-0.05, 0) is 16.7 Å². The van der Waals surface area contributed by atoms with Crippen LogP contribution in [0.15, 0.2) is 97.3 Å². The second kappa shape index (κ2) is 14.0. The number of nitrogens with zero attached hydrogens (tertiary/aromatic N) is 4. The molecule has 13 heteroatoms. The van der Waals surface area contributed by atoms with E-state index >= 15 is 0 Å². The summed E-state index contributed by atoms with van der Waals surface area (Å²) in [6.45, 7) is 0.343. The van der Waals surface area contributed by atoms with Gasteiger partial charge in [0.25, 0.3) is 0 Å². The summed E-state index contributed by atoms with van der Waals surface area (Å²) < 4.78 is 41.2. The lowest BCUT2D eigenvalue weighted by atomic mass is 9.91. The fourth-order valence-electron chi connectivity index (χ4n) is 5.63. The summed E-state index contributed by atoms with van der Waals surface area (Å²) in [5, 5.41) is 24.9. The Morgan fingerprint density at radius 2 is 1.54 bits per heavy atom. The minimum Gasteiger partial charge on any atom is -0.387 e. The summed E-state index contributed by atoms with van der Waals surface area (Å²) in [4.78, 5) is 13.9. The first kappa shape index (κ1) is 31.7. The Kier molecular flexibility index (Phi) is 9.68. The molecule has 1 fully saturated rings. The molecule has 5 aromatic rings. The van der Waals surface area contributed by atoms with Crippen molar-refractivity contribution in [2.45, 2.75) is 42.8 Å². The van der Waals surface area contributed by atoms with Crippen molar-refractivity contribution in [2.75, 3.05) is 25.6 Å². The highest BCUT2D eigenvalue weighted by Crippen LogP contribution is 2.33. The Morgan fingerprint density at radius 3 is 2.17 bits per heavy atom. The zero-order valence-corrected chi connectivity index (χ0v) is 26.0. The van der Waals surface area contributed by atoms with Crippen LogP contribution in [-0.2, 0) is 31.8 Å². The first-order valence-electron chi connectivity index (χ1n) is 14.9. The maximum absolute atomic E-state index is 13.0. The second-order valence-electron chi connectivity index (χ2n) is 11.1. The number of imidazole rings is 1. The van der Waals surface area contributed by atoms with Crippen LogP contribution in [0.5, 0.6) is 0 Å². The number of benzene rings is 3. The van der Waals surface area contributed by atoms with Crippen LogP contribution in [0.4, 0.5) is 5.82 Å². The van der Waals surface area contributed by atoms with E-state index in [-0.39, 0.29) is 30.6 Å². The fraction of sp³-hybridized carbons (Fsp3) is 0.303. The average molecular weight is 645 g/mol. The molecule has 0 spiro atoms. The van der Waals surface area contributed by atoms with Crippen molar-refractivity contribution in [1.82, 2.24) is 24.2 Å². The molecule has 3 aromatic carbocycles. The molecule has 1 aliphatic heterocycles. The highest BCUT2D eigenvalue weighted by atomic mass is 32.2. The van der Waals surface area contributed by atoms with Crippen LogP contribution in [0.2, 0.25) is 0 Å². The van der Waals surface area contributed by atoms with Crippen LogP contribution >= 0.6 is 0 Å². The topological polar surface area (TPSA) is 161 Å². The van der Waals surface area contributed by atoms with E-state index in [1.807, 2.05) is 42.5 Å². The largest absolute Gasteiger partial charge is 0.387 e. The third-order valence-electron chi connectivity index (χ3n) is 7.94. The number of hydrogen-bond acceptors (Lipinski definition) is 10. The number of ether oxygens (including phenoxy) is 2. The van der Waals surface area contributed by atoms with Crippen molar-refractivity contribution in [2.24, 2.45) is 0 Å². The minimum absolute atomic E-state index is 0.0349. The Hall–Kier alpha value is -4.24. The van der Waals surface area contributed by atoms with Gasteiger partial charge in [0.15, 0.2) is 23.2 Å². The van der Waals surface area contributed by atoms with Crippen molar-refractivity contribution in [3.63, 3.8) is 0 Å². The monoisotopic (exact) mass is 644 g/mol. The average Bonchev–Trinajstić information content (AvgIpc) is 3.61. The van der Waals surface area contributed by atoms with E-state index in [0.717, 1.165) is 11.1 Å². The van der Waals surface area contributed by atoms with Crippen LogP contribution in [-0.4, -0.2) is 76.7 Å². The van der Waals surface area contributed by atoms with Gasteiger partial charge in [-0.1, -0.05) is 91.0 Å². The first-order valence-corrected chi connectivity index (χ1v) is 16.6. The number of rotatable bonds is 13. The summed E-state index contributed by atoms with van der Waals surface area (Å²) in [5.74, 6) is 0.341. The molecule has 46 heavy (non-hydrogen) atoms. The Bertz CT molecular complexity index is 1800. The Balaban J connectivity index is 1.33. The number of methoxy groups -OCH3 is 1. The van der Waals surface area contributed by atoms with E-state index in [1.54, 1.807) is 24.3 Å². The van der Waals surface area contributed by atoms with Gasteiger partial charge in [0, 0.05) is 19.6 Å². The molecule has 0 bridgehead atoms. The highest BCUT2D eigenvalue weighted by molar-refractivity contribution is 7.88. The van der Waals surface area contributed by atoms with Crippen molar-refractivity contribution in [3.8, 4) is 0 Å². The summed E-state index contributed by atoms with van der Waals surface area (Å²) in [6.07, 6.45) is -2.77. The fourth-order valence-corrected chi connectivity index (χ4v) is 6.71. The molecule has 6 rings (SSSR count). The van der Waals surface area contributed by atoms with Crippen molar-refractivity contribution in [3.05, 3.63) is 120 Å². The Morgan fingerprint density at radius 1 is 0.913 bits per heavy atom. The molecule has 3 heterocycles. The van der Waals surface area contributed by atoms with Crippen LogP contribution in [0.1, 0.15) is 34.7 Å². The van der Waals surface area contributed by atoms with Crippen molar-refractivity contribution < 1.29 is 28.1 Å². The molecule has 0 radical (unpaired) electrons. The van der Waals surface area contributed by atoms with Crippen molar-refractivity contribution in [1.29, 1.82) is 0 Å². The molecular weight excluding hydrogens is 608 g/mol. The molecule has 0 unspecified atom stereocenters. The van der Waals surface area contributed by atoms with Crippen molar-refractivity contribution >= 4 is 27.0 Å². The lowest BCUT2D eigenvalue weighted by Gasteiger charge is -2.20. The van der Waals surface area contributed by atoms with Crippen LogP contribution in [0.25, 0.3) is 11.2 Å². The first-order chi connectivity index (χ1) is 22.3. The minimum atomic E-state index is -3.72. The zero-order valence-electron chi connectivity index (χ0n) is 25.2. The maximum Gasteiger partial charge on any atom is 0.216 e. The summed E-state index contributed by atoms with van der Waals surface area (Å²) >= 11 is 0. The number of aliphatic hydroxyl groups excluding tert-OH is 2. The number of hydrogen-bond donors (Lipinski definition) is 4. The number of aliphatic hydroxyl groups is 2. The smallest absolute Gasteiger partial charge is 0.216 e. The molecule has 240 valence electrons. The lowest BCUT2D eigenvalue weighted by molar-refractivity contribution is -0.0580. The van der Waals surface area contributed by atoms with Gasteiger partial charge in [-0.3, -0.25) is 4.57 Å². The van der Waals surface area contributed by atoms with Crippen LogP contribution < -0.4 is 10.0 Å². The molecule has 0 amide bonds. The van der Waals surface area contributed by atoms with Gasteiger partial charge in [0.2, 0.25) is 10.0 Å². The maximum atomic E-state index is 13.0. The quantitative estimate of drug-likeness (QED) is 0.150. The normalized spacial score (nSPS) is 20.0. The zero-order chi connectivity index (χ0) is 32.1. The second-order valence-corrected chi connectivity index (χ2v) is 12.9. The number of nitrogens with one attached hydrogen (secondary N) is 2. The van der Waals surface area contributed by atoms with E-state index in [4.69, 9.17) is 14.5 Å². The molecule has 1 aliphatic rings. The summed E-state index contributed by atoms with van der Waals surface area (Å²) in [5.41, 5.74) is 3.56. The number of aromatic nitrogens is 4. The van der Waals surface area contributed by atoms with E-state index in [1.165, 1.54) is 18.0 Å². The van der Waals surface area contributed by atoms with Gasteiger partial charge in [-0.2, -0.15) is 0 Å². The van der Waals surface area contributed by atoms with E-state index in [2.05, 4.69) is 44.3 Å². The van der Waals surface area contributed by atoms with Gasteiger partial charge >= 0.3 is 0 Å². The third-order valence-corrected chi connectivity index (χ3v) is 9.23. The molecular formula is C33H36N6O6S. The van der Waals surface area contributed by atoms with Gasteiger partial charge < -0.3 is 25.0 Å². The van der Waals surface area contributed by atoms with E-state index < -0.39 is 34.6 Å². The van der Waals surface area contributed by atoms with Gasteiger partial charge in [-0.25, -0.2) is 28.1 Å². The van der Waals surface area contributed by atoms with Crippen LogP contribution in [0, 0.1) is 0 Å². The molecule has 4 atom stereocenters. The third kappa shape index (κ3) is 7.09. The standard InChI is InChI=1S/C33H36N6O6S/c1-44-19-26-29(40)30(41)33(45-26)39-21-35-28-31(34-17-25(23-13-7-3-8-14-23)24-15-9-4-10-16-24)37-27(38-32(28)39)18-36-46(42,43)20-22-11-5-2-6-12-22/h2-16,21,25-26,29-30,33,36,40-41H,17-20H2,1H3,(H,34,37,38)/t26-,29-,30-,33-/m1/s1. The molecule has 12 nitrogen and oxygen atoms in total. The van der Waals surface area contributed by atoms with E-state index in [9.17, 15) is 18.6 Å². The summed E-state index contributed by atoms with van der Waals surface area (Å²) in [6, 6.07) is 29.1. The van der Waals surface area contributed by atoms with E-state index in [0.29, 0.717) is 29.1 Å². The Labute approximate surface area is 267 Å². The summed E-state index contributed by atoms with van der Waals surface area (Å²) in [7, 11) is -2.24. The van der Waals surface area contributed by atoms with Gasteiger partial charge in [0.1, 0.15) is 24.1 Å². The number of fused-ring (bicyclic) bond motifs is 1. The molecule has 1 saturated heterocycles. The molecule has 0 saturated carbocycles. The predicted molar refractivity (Wildman–Crippen MR) is 172 cm³/mol. The number of sulfonamides is 1. The van der Waals surface area contributed by atoms with Crippen LogP contribution in [0.3, 0.4) is 0 Å². The lowest BCUT2D eigenvalue weighted by Crippen LogP contribution is -2.33. The van der Waals surface area contributed by atoms with Gasteiger partial charge in [0.05, 0.1) is 25.2 Å². The SMILES string of the molecule is COC[C@H]1O[C@@H](n2cnc3c(NCC(c4ccccc4)c4ccccc4)nc(CNS(=O)(=O)Cc4ccccc4)nc32)[C@H](O)[C@@H]1O. The number of anilines is 1. The molecule has 0 aliphatic carbocycles. The van der Waals surface area contributed by atoms with Gasteiger partial charge in [-0.15, -0.1) is 0 Å². The highest BCUT2D eigenvalue weighted by Gasteiger charge is 2.44. The molecule has 4 N–H and O–H groups in total.